The van der Waals surface area contributed by atoms with Gasteiger partial charge in [-0.1, -0.05) is 74.9 Å². The molecule has 2 heterocycles. The lowest BCUT2D eigenvalue weighted by atomic mass is 10.0. The number of carbonyl (C=O) groups is 3. The van der Waals surface area contributed by atoms with Crippen molar-refractivity contribution in [2.24, 2.45) is 5.92 Å². The van der Waals surface area contributed by atoms with Crippen molar-refractivity contribution < 1.29 is 18.8 Å². The van der Waals surface area contributed by atoms with E-state index in [9.17, 15) is 14.4 Å². The molecule has 2 saturated carbocycles. The number of carbonyl (C=O) groups excluding carboxylic acids is 3. The van der Waals surface area contributed by atoms with E-state index in [1.54, 1.807) is 6.07 Å². The highest BCUT2D eigenvalue weighted by molar-refractivity contribution is 5.94. The molecule has 3 fully saturated rings. The van der Waals surface area contributed by atoms with Gasteiger partial charge in [0.15, 0.2) is 0 Å². The Hall–Kier alpha value is -3.62. The summed E-state index contributed by atoms with van der Waals surface area (Å²) in [7, 11) is 0. The van der Waals surface area contributed by atoms with E-state index in [1.807, 2.05) is 48.2 Å². The lowest BCUT2D eigenvalue weighted by Crippen LogP contribution is -2.59. The van der Waals surface area contributed by atoms with Crippen LogP contribution in [0.1, 0.15) is 109 Å². The van der Waals surface area contributed by atoms with Crippen LogP contribution in [-0.2, 0) is 14.4 Å². The van der Waals surface area contributed by atoms with Gasteiger partial charge in [-0.25, -0.2) is 4.39 Å². The van der Waals surface area contributed by atoms with Crippen molar-refractivity contribution in [2.75, 3.05) is 16.8 Å². The van der Waals surface area contributed by atoms with E-state index < -0.39 is 12.1 Å². The molecule has 0 aromatic heterocycles. The summed E-state index contributed by atoms with van der Waals surface area (Å²) < 4.78 is 15.5. The molecule has 0 spiro atoms. The molecule has 3 amide bonds. The number of anilines is 2. The first-order chi connectivity index (χ1) is 22.8. The second-order valence-corrected chi connectivity index (χ2v) is 14.3. The lowest BCUT2D eigenvalue weighted by Gasteiger charge is -2.38. The van der Waals surface area contributed by atoms with Crippen LogP contribution < -0.4 is 20.9 Å². The molecule has 0 bridgehead atoms. The molecule has 2 aromatic rings. The highest BCUT2D eigenvalue weighted by Crippen LogP contribution is 2.47. The van der Waals surface area contributed by atoms with Crippen LogP contribution in [0.15, 0.2) is 48.5 Å². The SMILES string of the molecule is C[C@H](NC(=O)[C@H](CC(=O)N1CCCC[C@@H]1C)NC(=O)[C@@H]1C[C@H]1c1ccccc1)C1Nc2cccc(F)c2N1C1CCCCCCCC1. The van der Waals surface area contributed by atoms with Gasteiger partial charge < -0.3 is 25.8 Å². The van der Waals surface area contributed by atoms with Crippen molar-refractivity contribution in [2.45, 2.75) is 134 Å². The summed E-state index contributed by atoms with van der Waals surface area (Å²) in [6, 6.07) is 13.9. The van der Waals surface area contributed by atoms with E-state index >= 15 is 4.39 Å². The number of fused-ring (bicyclic) bond motifs is 1. The van der Waals surface area contributed by atoms with Crippen LogP contribution in [0.4, 0.5) is 15.8 Å². The zero-order chi connectivity index (χ0) is 32.9. The standard InChI is InChI=1S/C38H52FN5O3/c1-25-15-12-13-22-43(25)34(45)24-33(42-37(46)30-23-29(30)27-16-8-7-9-17-27)38(47)40-26(2)36-41-32-21-14-20-31(39)35(32)44(36)28-18-10-5-3-4-6-11-19-28/h7-9,14,16-17,20-21,25-26,28-30,33,36,41H,3-6,10-13,15,18-19,22-24H2,1-2H3,(H,40,47)(H,42,46)/t25-,26-,29-,30+,33-,36?/m0/s1. The minimum atomic E-state index is -0.998. The van der Waals surface area contributed by atoms with Crippen molar-refractivity contribution >= 4 is 29.1 Å². The number of benzene rings is 2. The number of para-hydroxylation sites is 1. The van der Waals surface area contributed by atoms with Gasteiger partial charge >= 0.3 is 0 Å². The Bertz CT molecular complexity index is 1390. The Morgan fingerprint density at radius 2 is 1.60 bits per heavy atom. The Morgan fingerprint density at radius 3 is 2.32 bits per heavy atom. The van der Waals surface area contributed by atoms with E-state index in [0.717, 1.165) is 62.6 Å². The second-order valence-electron chi connectivity index (χ2n) is 14.3. The molecule has 3 N–H and O–H groups in total. The molecule has 1 unspecified atom stereocenters. The van der Waals surface area contributed by atoms with Crippen molar-refractivity contribution in [3.8, 4) is 0 Å². The molecular formula is C38H52FN5O3. The molecule has 9 heteroatoms. The fourth-order valence-corrected chi connectivity index (χ4v) is 8.13. The Balaban J connectivity index is 1.19. The van der Waals surface area contributed by atoms with E-state index in [2.05, 4.69) is 27.8 Å². The van der Waals surface area contributed by atoms with Gasteiger partial charge in [0.2, 0.25) is 17.7 Å². The van der Waals surface area contributed by atoms with Gasteiger partial charge in [0.1, 0.15) is 18.0 Å². The van der Waals surface area contributed by atoms with Gasteiger partial charge in [-0.15, -0.1) is 0 Å². The van der Waals surface area contributed by atoms with Crippen LogP contribution in [0, 0.1) is 11.7 Å². The zero-order valence-electron chi connectivity index (χ0n) is 28.1. The molecule has 1 saturated heterocycles. The van der Waals surface area contributed by atoms with Crippen molar-refractivity contribution in [1.29, 1.82) is 0 Å². The summed E-state index contributed by atoms with van der Waals surface area (Å²) >= 11 is 0. The molecule has 6 rings (SSSR count). The number of amides is 3. The van der Waals surface area contributed by atoms with Crippen LogP contribution in [-0.4, -0.2) is 59.5 Å². The number of halogens is 1. The first kappa shape index (κ1) is 33.3. The monoisotopic (exact) mass is 645 g/mol. The van der Waals surface area contributed by atoms with Gasteiger partial charge in [0, 0.05) is 24.5 Å². The quantitative estimate of drug-likeness (QED) is 0.291. The molecule has 2 aromatic carbocycles. The molecule has 254 valence electrons. The summed E-state index contributed by atoms with van der Waals surface area (Å²) in [6.07, 6.45) is 12.2. The van der Waals surface area contributed by atoms with Crippen molar-refractivity contribution in [3.63, 3.8) is 0 Å². The molecular weight excluding hydrogens is 593 g/mol. The average molecular weight is 646 g/mol. The van der Waals surface area contributed by atoms with E-state index in [4.69, 9.17) is 0 Å². The van der Waals surface area contributed by atoms with Crippen LogP contribution in [0.5, 0.6) is 0 Å². The lowest BCUT2D eigenvalue weighted by molar-refractivity contribution is -0.138. The number of nitrogens with one attached hydrogen (secondary N) is 3. The number of likely N-dealkylation sites (tertiary alicyclic amines) is 1. The molecule has 6 atom stereocenters. The smallest absolute Gasteiger partial charge is 0.243 e. The first-order valence-electron chi connectivity index (χ1n) is 18.1. The van der Waals surface area contributed by atoms with Gasteiger partial charge in [0.25, 0.3) is 0 Å². The Kier molecular flexibility index (Phi) is 10.7. The van der Waals surface area contributed by atoms with Crippen LogP contribution >= 0.6 is 0 Å². The second kappa shape index (κ2) is 15.1. The summed E-state index contributed by atoms with van der Waals surface area (Å²) in [5, 5.41) is 9.67. The Morgan fingerprint density at radius 1 is 0.894 bits per heavy atom. The van der Waals surface area contributed by atoms with E-state index in [-0.39, 0.29) is 60.0 Å². The maximum atomic E-state index is 15.5. The Labute approximate surface area is 279 Å². The van der Waals surface area contributed by atoms with Crippen LogP contribution in [0.25, 0.3) is 0 Å². The third-order valence-electron chi connectivity index (χ3n) is 10.9. The number of nitrogens with zero attached hydrogens (tertiary/aromatic N) is 2. The predicted octanol–water partition coefficient (Wildman–Crippen LogP) is 6.47. The summed E-state index contributed by atoms with van der Waals surface area (Å²) in [6.45, 7) is 4.65. The molecule has 8 nitrogen and oxygen atoms in total. The number of hydrogen-bond acceptors (Lipinski definition) is 5. The van der Waals surface area contributed by atoms with E-state index in [0.29, 0.717) is 12.2 Å². The molecule has 4 aliphatic rings. The molecule has 47 heavy (non-hydrogen) atoms. The third kappa shape index (κ3) is 7.76. The summed E-state index contributed by atoms with van der Waals surface area (Å²) in [5.74, 6) is -1.04. The van der Waals surface area contributed by atoms with Gasteiger partial charge in [-0.2, -0.15) is 0 Å². The summed E-state index contributed by atoms with van der Waals surface area (Å²) in [5.41, 5.74) is 2.42. The molecule has 2 aliphatic heterocycles. The van der Waals surface area contributed by atoms with Crippen molar-refractivity contribution in [3.05, 3.63) is 59.9 Å². The number of hydrogen-bond donors (Lipinski definition) is 3. The average Bonchev–Trinajstić information content (AvgIpc) is 3.74. The normalized spacial score (nSPS) is 26.1. The molecule has 2 aliphatic carbocycles. The van der Waals surface area contributed by atoms with E-state index in [1.165, 1.54) is 31.7 Å². The zero-order valence-corrected chi connectivity index (χ0v) is 28.1. The van der Waals surface area contributed by atoms with Crippen molar-refractivity contribution in [1.82, 2.24) is 15.5 Å². The first-order valence-corrected chi connectivity index (χ1v) is 18.1. The number of rotatable bonds is 9. The highest BCUT2D eigenvalue weighted by atomic mass is 19.1. The third-order valence-corrected chi connectivity index (χ3v) is 10.9. The fraction of sp³-hybridized carbons (Fsp3) is 0.605. The largest absolute Gasteiger partial charge is 0.362 e. The maximum Gasteiger partial charge on any atom is 0.243 e. The summed E-state index contributed by atoms with van der Waals surface area (Å²) in [4.78, 5) is 45.2. The minimum absolute atomic E-state index is 0.0867. The molecule has 0 radical (unpaired) electrons. The minimum Gasteiger partial charge on any atom is -0.362 e. The van der Waals surface area contributed by atoms with Crippen LogP contribution in [0.3, 0.4) is 0 Å². The fourth-order valence-electron chi connectivity index (χ4n) is 8.13. The van der Waals surface area contributed by atoms with Gasteiger partial charge in [-0.05, 0) is 76.0 Å². The van der Waals surface area contributed by atoms with Gasteiger partial charge in [-0.3, -0.25) is 14.4 Å². The maximum absolute atomic E-state index is 15.5. The van der Waals surface area contributed by atoms with Crippen LogP contribution in [0.2, 0.25) is 0 Å². The topological polar surface area (TPSA) is 93.8 Å². The highest BCUT2D eigenvalue weighted by Gasteiger charge is 2.46. The van der Waals surface area contributed by atoms with Gasteiger partial charge in [0.05, 0.1) is 23.8 Å². The predicted molar refractivity (Wildman–Crippen MR) is 183 cm³/mol. The number of piperidine rings is 1.